The number of nitrogens with one attached hydrogen (secondary N) is 1. The third kappa shape index (κ3) is 4.91. The van der Waals surface area contributed by atoms with Crippen molar-refractivity contribution in [2.24, 2.45) is 0 Å². The molecule has 0 saturated heterocycles. The molecule has 122 valence electrons. The Balaban J connectivity index is 2.06. The molecule has 1 aromatic heterocycles. The number of fused-ring (bicyclic) bond motifs is 1. The fourth-order valence-corrected chi connectivity index (χ4v) is 3.32. The van der Waals surface area contributed by atoms with E-state index < -0.39 is 8.07 Å². The lowest BCUT2D eigenvalue weighted by molar-refractivity contribution is 0.0842. The molecule has 0 saturated carbocycles. The Labute approximate surface area is 142 Å². The van der Waals surface area contributed by atoms with E-state index in [0.29, 0.717) is 6.61 Å². The molecule has 1 atom stereocenters. The Bertz CT molecular complexity index is 621. The maximum Gasteiger partial charge on any atom is 0.127 e. The zero-order valence-electron chi connectivity index (χ0n) is 14.1. The highest BCUT2D eigenvalue weighted by Gasteiger charge is 2.19. The maximum atomic E-state index is 5.93. The van der Waals surface area contributed by atoms with Gasteiger partial charge in [0.05, 0.1) is 23.7 Å². The van der Waals surface area contributed by atoms with Crippen LogP contribution in [-0.4, -0.2) is 50.3 Å². The number of aromatic amines is 1. The molecule has 0 bridgehead atoms. The molecule has 22 heavy (non-hydrogen) atoms. The van der Waals surface area contributed by atoms with Crippen molar-refractivity contribution in [2.75, 3.05) is 27.3 Å². The lowest BCUT2D eigenvalue weighted by atomic mass is 10.3. The first-order valence-electron chi connectivity index (χ1n) is 7.65. The normalized spacial score (nSPS) is 14.0. The van der Waals surface area contributed by atoms with E-state index in [0.717, 1.165) is 27.9 Å². The highest BCUT2D eigenvalue weighted by Crippen LogP contribution is 2.22. The molecule has 6 heteroatoms. The van der Waals surface area contributed by atoms with Gasteiger partial charge in [-0.2, -0.15) is 0 Å². The summed E-state index contributed by atoms with van der Waals surface area (Å²) >= 11 is 3.50. The van der Waals surface area contributed by atoms with Gasteiger partial charge in [0, 0.05) is 19.2 Å². The maximum absolute atomic E-state index is 5.93. The average molecular weight is 384 g/mol. The number of rotatable bonds is 7. The van der Waals surface area contributed by atoms with Gasteiger partial charge in [0.2, 0.25) is 0 Å². The number of halogens is 1. The molecule has 0 aliphatic carbocycles. The predicted octanol–water partition coefficient (Wildman–Crippen LogP) is 4.28. The van der Waals surface area contributed by atoms with Crippen LogP contribution in [0.1, 0.15) is 11.9 Å². The monoisotopic (exact) mass is 383 g/mol. The number of likely N-dealkylation sites (N-methyl/N-ethyl adjacent to an activating group) is 1. The Kier molecular flexibility index (Phi) is 5.82. The molecule has 0 amide bonds. The largest absolute Gasteiger partial charge is 0.380 e. The average Bonchev–Trinajstić information content (AvgIpc) is 2.79. The van der Waals surface area contributed by atoms with Crippen LogP contribution in [0.3, 0.4) is 0 Å². The van der Waals surface area contributed by atoms with Crippen molar-refractivity contribution < 1.29 is 4.74 Å². The standard InChI is InChI=1S/C16H26BrN3OSi/c1-20(2)15(11-21-8-9-22(3,4)5)16-18-13-7-6-12(17)10-14(13)19-16/h6-7,10,15H,8-9,11H2,1-5H3,(H,18,19). The van der Waals surface area contributed by atoms with Gasteiger partial charge < -0.3 is 9.72 Å². The van der Waals surface area contributed by atoms with Crippen LogP contribution < -0.4 is 0 Å². The van der Waals surface area contributed by atoms with Crippen molar-refractivity contribution in [3.05, 3.63) is 28.5 Å². The van der Waals surface area contributed by atoms with Crippen LogP contribution in [0.5, 0.6) is 0 Å². The lowest BCUT2D eigenvalue weighted by Crippen LogP contribution is -2.27. The van der Waals surface area contributed by atoms with Crippen LogP contribution in [0.25, 0.3) is 11.0 Å². The SMILES string of the molecule is CN(C)C(COCC[Si](C)(C)C)c1nc2ccc(Br)cc2[nH]1. The first-order valence-corrected chi connectivity index (χ1v) is 12.2. The molecule has 4 nitrogen and oxygen atoms in total. The van der Waals surface area contributed by atoms with E-state index in [9.17, 15) is 0 Å². The van der Waals surface area contributed by atoms with E-state index in [4.69, 9.17) is 9.72 Å². The zero-order chi connectivity index (χ0) is 16.3. The van der Waals surface area contributed by atoms with Crippen molar-refractivity contribution in [1.82, 2.24) is 14.9 Å². The summed E-state index contributed by atoms with van der Waals surface area (Å²) < 4.78 is 6.99. The molecule has 1 heterocycles. The summed E-state index contributed by atoms with van der Waals surface area (Å²) in [6.45, 7) is 8.62. The van der Waals surface area contributed by atoms with Gasteiger partial charge in [-0.3, -0.25) is 4.90 Å². The molecular weight excluding hydrogens is 358 g/mol. The van der Waals surface area contributed by atoms with Gasteiger partial charge in [-0.15, -0.1) is 0 Å². The molecule has 0 aliphatic heterocycles. The van der Waals surface area contributed by atoms with Gasteiger partial charge in [-0.1, -0.05) is 35.6 Å². The van der Waals surface area contributed by atoms with Crippen LogP contribution in [0.15, 0.2) is 22.7 Å². The summed E-state index contributed by atoms with van der Waals surface area (Å²) in [5.41, 5.74) is 2.05. The Morgan fingerprint density at radius 3 is 2.68 bits per heavy atom. The van der Waals surface area contributed by atoms with Crippen molar-refractivity contribution in [2.45, 2.75) is 31.7 Å². The Morgan fingerprint density at radius 2 is 2.05 bits per heavy atom. The van der Waals surface area contributed by atoms with E-state index in [1.165, 1.54) is 6.04 Å². The van der Waals surface area contributed by atoms with Gasteiger partial charge in [0.15, 0.2) is 0 Å². The van der Waals surface area contributed by atoms with E-state index in [1.807, 2.05) is 12.1 Å². The van der Waals surface area contributed by atoms with Crippen LogP contribution in [0.2, 0.25) is 25.7 Å². The van der Waals surface area contributed by atoms with Crippen LogP contribution in [0, 0.1) is 0 Å². The second-order valence-corrected chi connectivity index (χ2v) is 13.7. The van der Waals surface area contributed by atoms with Gasteiger partial charge in [0.25, 0.3) is 0 Å². The van der Waals surface area contributed by atoms with E-state index in [2.05, 4.69) is 65.6 Å². The Hall–Kier alpha value is -0.693. The summed E-state index contributed by atoms with van der Waals surface area (Å²) in [6.07, 6.45) is 0. The first kappa shape index (κ1) is 17.7. The van der Waals surface area contributed by atoms with Crippen LogP contribution >= 0.6 is 15.9 Å². The quantitative estimate of drug-likeness (QED) is 0.572. The number of hydrogen-bond donors (Lipinski definition) is 1. The fourth-order valence-electron chi connectivity index (χ4n) is 2.21. The highest BCUT2D eigenvalue weighted by molar-refractivity contribution is 9.10. The summed E-state index contributed by atoms with van der Waals surface area (Å²) in [4.78, 5) is 10.3. The van der Waals surface area contributed by atoms with E-state index in [1.54, 1.807) is 0 Å². The van der Waals surface area contributed by atoms with Crippen molar-refractivity contribution in [1.29, 1.82) is 0 Å². The zero-order valence-corrected chi connectivity index (χ0v) is 16.7. The number of H-pyrrole nitrogens is 1. The molecule has 2 rings (SSSR count). The Morgan fingerprint density at radius 1 is 1.32 bits per heavy atom. The molecule has 1 aromatic carbocycles. The fraction of sp³-hybridized carbons (Fsp3) is 0.562. The summed E-state index contributed by atoms with van der Waals surface area (Å²) in [7, 11) is 3.09. The number of hydrogen-bond acceptors (Lipinski definition) is 3. The number of ether oxygens (including phenoxy) is 1. The minimum absolute atomic E-state index is 0.146. The minimum atomic E-state index is -1.04. The molecular formula is C16H26BrN3OSi. The molecule has 0 radical (unpaired) electrons. The summed E-state index contributed by atoms with van der Waals surface area (Å²) in [5, 5.41) is 0. The van der Waals surface area contributed by atoms with Gasteiger partial charge in [0.1, 0.15) is 5.82 Å². The van der Waals surface area contributed by atoms with Crippen molar-refractivity contribution in [3.8, 4) is 0 Å². The molecule has 1 N–H and O–H groups in total. The molecule has 0 aliphatic rings. The summed E-state index contributed by atoms with van der Waals surface area (Å²) in [5.74, 6) is 0.964. The number of aromatic nitrogens is 2. The number of benzene rings is 1. The van der Waals surface area contributed by atoms with E-state index in [-0.39, 0.29) is 6.04 Å². The molecule has 1 unspecified atom stereocenters. The lowest BCUT2D eigenvalue weighted by Gasteiger charge is -2.23. The van der Waals surface area contributed by atoms with Crippen LogP contribution in [0.4, 0.5) is 0 Å². The third-order valence-electron chi connectivity index (χ3n) is 3.67. The number of imidazole rings is 1. The van der Waals surface area contributed by atoms with E-state index >= 15 is 0 Å². The molecule has 0 fully saturated rings. The molecule has 0 spiro atoms. The van der Waals surface area contributed by atoms with Gasteiger partial charge in [-0.05, 0) is 38.3 Å². The smallest absolute Gasteiger partial charge is 0.127 e. The third-order valence-corrected chi connectivity index (χ3v) is 5.87. The minimum Gasteiger partial charge on any atom is -0.380 e. The molecule has 2 aromatic rings. The predicted molar refractivity (Wildman–Crippen MR) is 99.2 cm³/mol. The first-order chi connectivity index (χ1) is 10.3. The number of nitrogens with zero attached hydrogens (tertiary/aromatic N) is 2. The summed E-state index contributed by atoms with van der Waals surface area (Å²) in [6, 6.07) is 7.44. The van der Waals surface area contributed by atoms with Gasteiger partial charge >= 0.3 is 0 Å². The van der Waals surface area contributed by atoms with Crippen LogP contribution in [-0.2, 0) is 4.74 Å². The highest BCUT2D eigenvalue weighted by atomic mass is 79.9. The van der Waals surface area contributed by atoms with Crippen molar-refractivity contribution >= 4 is 35.0 Å². The van der Waals surface area contributed by atoms with Crippen molar-refractivity contribution in [3.63, 3.8) is 0 Å². The second-order valence-electron chi connectivity index (χ2n) is 7.15. The second kappa shape index (κ2) is 7.25. The topological polar surface area (TPSA) is 41.1 Å². The van der Waals surface area contributed by atoms with Gasteiger partial charge in [-0.25, -0.2) is 4.98 Å².